The zero-order chi connectivity index (χ0) is 14.8. The quantitative estimate of drug-likeness (QED) is 0.839. The summed E-state index contributed by atoms with van der Waals surface area (Å²) in [5.74, 6) is 0.670. The van der Waals surface area contributed by atoms with Gasteiger partial charge in [-0.05, 0) is 35.9 Å². The summed E-state index contributed by atoms with van der Waals surface area (Å²) in [7, 11) is 0. The van der Waals surface area contributed by atoms with Crippen molar-refractivity contribution in [3.05, 3.63) is 63.6 Å². The molecule has 108 valence electrons. The van der Waals surface area contributed by atoms with Crippen LogP contribution in [0.4, 0.5) is 0 Å². The maximum atomic E-state index is 12.2. The van der Waals surface area contributed by atoms with E-state index in [1.165, 1.54) is 0 Å². The molecule has 3 nitrogen and oxygen atoms in total. The molecular weight excluding hydrogens is 309 g/mol. The standard InChI is InChI=1S/C16H13Cl2NO2/c17-13-3-1-11(2-4-13)8-19-9-12-7-14(18)5-6-15(12)21-10-16(19)20/h1-7H,8-10H2. The summed E-state index contributed by atoms with van der Waals surface area (Å²) in [6.07, 6.45) is 0. The van der Waals surface area contributed by atoms with Gasteiger partial charge in [-0.2, -0.15) is 0 Å². The van der Waals surface area contributed by atoms with E-state index in [4.69, 9.17) is 27.9 Å². The molecule has 0 unspecified atom stereocenters. The summed E-state index contributed by atoms with van der Waals surface area (Å²) in [5, 5.41) is 1.32. The van der Waals surface area contributed by atoms with Gasteiger partial charge in [0, 0.05) is 28.7 Å². The molecule has 1 amide bonds. The van der Waals surface area contributed by atoms with E-state index in [2.05, 4.69) is 0 Å². The Balaban J connectivity index is 1.84. The lowest BCUT2D eigenvalue weighted by molar-refractivity contribution is -0.133. The average Bonchev–Trinajstić information content (AvgIpc) is 2.61. The third kappa shape index (κ3) is 3.31. The first-order chi connectivity index (χ1) is 10.1. The predicted octanol–water partition coefficient (Wildman–Crippen LogP) is 3.91. The van der Waals surface area contributed by atoms with Crippen LogP contribution >= 0.6 is 23.2 Å². The fourth-order valence-electron chi connectivity index (χ4n) is 2.29. The maximum absolute atomic E-state index is 12.2. The highest BCUT2D eigenvalue weighted by atomic mass is 35.5. The van der Waals surface area contributed by atoms with Gasteiger partial charge in [0.25, 0.3) is 5.91 Å². The van der Waals surface area contributed by atoms with Crippen molar-refractivity contribution < 1.29 is 9.53 Å². The minimum atomic E-state index is -0.0442. The maximum Gasteiger partial charge on any atom is 0.261 e. The van der Waals surface area contributed by atoms with Crippen molar-refractivity contribution in [1.82, 2.24) is 4.90 Å². The number of halogens is 2. The van der Waals surface area contributed by atoms with E-state index in [1.54, 1.807) is 17.0 Å². The van der Waals surface area contributed by atoms with E-state index in [-0.39, 0.29) is 12.5 Å². The smallest absolute Gasteiger partial charge is 0.261 e. The van der Waals surface area contributed by atoms with Gasteiger partial charge in [0.15, 0.2) is 6.61 Å². The van der Waals surface area contributed by atoms with Crippen molar-refractivity contribution in [2.75, 3.05) is 6.61 Å². The third-order valence-corrected chi connectivity index (χ3v) is 3.86. The fourth-order valence-corrected chi connectivity index (χ4v) is 2.61. The number of fused-ring (bicyclic) bond motifs is 1. The van der Waals surface area contributed by atoms with Gasteiger partial charge in [0.05, 0.1) is 0 Å². The van der Waals surface area contributed by atoms with Crippen molar-refractivity contribution in [3.8, 4) is 5.75 Å². The summed E-state index contributed by atoms with van der Waals surface area (Å²) in [4.78, 5) is 13.9. The van der Waals surface area contributed by atoms with Gasteiger partial charge in [0.1, 0.15) is 5.75 Å². The van der Waals surface area contributed by atoms with E-state index >= 15 is 0 Å². The summed E-state index contributed by atoms with van der Waals surface area (Å²) in [6, 6.07) is 12.9. The molecule has 0 fully saturated rings. The van der Waals surface area contributed by atoms with Gasteiger partial charge in [0.2, 0.25) is 0 Å². The van der Waals surface area contributed by atoms with Crippen LogP contribution in [0.5, 0.6) is 5.75 Å². The highest BCUT2D eigenvalue weighted by Crippen LogP contribution is 2.27. The number of hydrogen-bond acceptors (Lipinski definition) is 2. The van der Waals surface area contributed by atoms with Crippen molar-refractivity contribution >= 4 is 29.1 Å². The number of ether oxygens (including phenoxy) is 1. The van der Waals surface area contributed by atoms with Crippen LogP contribution < -0.4 is 4.74 Å². The van der Waals surface area contributed by atoms with E-state index in [1.807, 2.05) is 30.3 Å². The number of rotatable bonds is 2. The first-order valence-electron chi connectivity index (χ1n) is 6.55. The Morgan fingerprint density at radius 1 is 1.05 bits per heavy atom. The lowest BCUT2D eigenvalue weighted by Gasteiger charge is -2.20. The third-order valence-electron chi connectivity index (χ3n) is 3.37. The first-order valence-corrected chi connectivity index (χ1v) is 7.31. The van der Waals surface area contributed by atoms with Crippen LogP contribution in [0.15, 0.2) is 42.5 Å². The molecule has 0 radical (unpaired) electrons. The highest BCUT2D eigenvalue weighted by molar-refractivity contribution is 6.30. The second-order valence-electron chi connectivity index (χ2n) is 4.92. The van der Waals surface area contributed by atoms with Gasteiger partial charge >= 0.3 is 0 Å². The zero-order valence-corrected chi connectivity index (χ0v) is 12.7. The van der Waals surface area contributed by atoms with Crippen molar-refractivity contribution in [2.24, 2.45) is 0 Å². The van der Waals surface area contributed by atoms with Crippen LogP contribution in [0.2, 0.25) is 10.0 Å². The summed E-state index contributed by atoms with van der Waals surface area (Å²) in [6.45, 7) is 1.05. The molecule has 1 heterocycles. The van der Waals surface area contributed by atoms with Crippen molar-refractivity contribution in [1.29, 1.82) is 0 Å². The van der Waals surface area contributed by atoms with Crippen LogP contribution in [0.1, 0.15) is 11.1 Å². The molecule has 0 N–H and O–H groups in total. The molecule has 0 aromatic heterocycles. The van der Waals surface area contributed by atoms with E-state index < -0.39 is 0 Å². The molecule has 0 saturated heterocycles. The van der Waals surface area contributed by atoms with Crippen LogP contribution in [0, 0.1) is 0 Å². The largest absolute Gasteiger partial charge is 0.483 e. The first kappa shape index (κ1) is 14.2. The molecule has 2 aromatic carbocycles. The van der Waals surface area contributed by atoms with Gasteiger partial charge < -0.3 is 9.64 Å². The summed E-state index contributed by atoms with van der Waals surface area (Å²) >= 11 is 11.9. The molecule has 3 rings (SSSR count). The molecule has 1 aliphatic rings. The monoisotopic (exact) mass is 321 g/mol. The Kier molecular flexibility index (Phi) is 4.04. The minimum absolute atomic E-state index is 0.0439. The molecule has 1 aliphatic heterocycles. The lowest BCUT2D eigenvalue weighted by Crippen LogP contribution is -2.31. The SMILES string of the molecule is O=C1COc2ccc(Cl)cc2CN1Cc1ccc(Cl)cc1. The Morgan fingerprint density at radius 2 is 1.76 bits per heavy atom. The number of carbonyl (C=O) groups excluding carboxylic acids is 1. The Hall–Kier alpha value is -1.71. The molecule has 0 bridgehead atoms. The second kappa shape index (κ2) is 5.96. The van der Waals surface area contributed by atoms with Gasteiger partial charge in [-0.25, -0.2) is 0 Å². The van der Waals surface area contributed by atoms with Gasteiger partial charge in [-0.1, -0.05) is 35.3 Å². The van der Waals surface area contributed by atoms with Crippen LogP contribution in [-0.4, -0.2) is 17.4 Å². The molecule has 2 aromatic rings. The van der Waals surface area contributed by atoms with Gasteiger partial charge in [-0.15, -0.1) is 0 Å². The zero-order valence-electron chi connectivity index (χ0n) is 11.2. The molecule has 0 saturated carbocycles. The molecule has 21 heavy (non-hydrogen) atoms. The summed E-state index contributed by atoms with van der Waals surface area (Å²) in [5.41, 5.74) is 1.94. The van der Waals surface area contributed by atoms with Gasteiger partial charge in [-0.3, -0.25) is 4.79 Å². The van der Waals surface area contributed by atoms with E-state index in [0.29, 0.717) is 28.9 Å². The molecule has 0 atom stereocenters. The van der Waals surface area contributed by atoms with Crippen LogP contribution in [-0.2, 0) is 17.9 Å². The molecule has 0 spiro atoms. The summed E-state index contributed by atoms with van der Waals surface area (Å²) < 4.78 is 5.53. The number of hydrogen-bond donors (Lipinski definition) is 0. The number of nitrogens with zero attached hydrogens (tertiary/aromatic N) is 1. The molecule has 0 aliphatic carbocycles. The number of amides is 1. The second-order valence-corrected chi connectivity index (χ2v) is 5.79. The Morgan fingerprint density at radius 3 is 2.52 bits per heavy atom. The van der Waals surface area contributed by atoms with Crippen molar-refractivity contribution in [3.63, 3.8) is 0 Å². The van der Waals surface area contributed by atoms with E-state index in [9.17, 15) is 4.79 Å². The van der Waals surface area contributed by atoms with Crippen molar-refractivity contribution in [2.45, 2.75) is 13.1 Å². The minimum Gasteiger partial charge on any atom is -0.483 e. The number of carbonyl (C=O) groups is 1. The van der Waals surface area contributed by atoms with Crippen LogP contribution in [0.25, 0.3) is 0 Å². The predicted molar refractivity (Wildman–Crippen MR) is 82.7 cm³/mol. The van der Waals surface area contributed by atoms with Crippen LogP contribution in [0.3, 0.4) is 0 Å². The average molecular weight is 322 g/mol. The topological polar surface area (TPSA) is 29.5 Å². The highest BCUT2D eigenvalue weighted by Gasteiger charge is 2.21. The van der Waals surface area contributed by atoms with E-state index in [0.717, 1.165) is 11.1 Å². The molecule has 5 heteroatoms. The lowest BCUT2D eigenvalue weighted by atomic mass is 10.1. The normalized spacial score (nSPS) is 14.4. The Bertz CT molecular complexity index is 670. The fraction of sp³-hybridized carbons (Fsp3) is 0.188. The number of benzene rings is 2. The molecular formula is C16H13Cl2NO2. The Labute approximate surface area is 133 Å².